The third kappa shape index (κ3) is 3.52. The Balaban J connectivity index is 1.90. The molecule has 0 heterocycles. The Morgan fingerprint density at radius 3 is 2.61 bits per heavy atom. The highest BCUT2D eigenvalue weighted by atomic mass is 19.1. The fourth-order valence-corrected chi connectivity index (χ4v) is 2.45. The van der Waals surface area contributed by atoms with Crippen LogP contribution in [0, 0.1) is 17.6 Å². The molecule has 1 aromatic carbocycles. The molecule has 0 spiro atoms. The van der Waals surface area contributed by atoms with Crippen LogP contribution in [-0.4, -0.2) is 5.91 Å². The van der Waals surface area contributed by atoms with Gasteiger partial charge in [0, 0.05) is 12.5 Å². The molecule has 1 amide bonds. The minimum atomic E-state index is -0.730. The van der Waals surface area contributed by atoms with Crippen molar-refractivity contribution in [3.05, 3.63) is 29.8 Å². The standard InChI is InChI=1S/C14H17F2NO/c15-11-6-7-13(12(16)9-11)17-14(18)8-10-4-2-1-3-5-10/h6-7,9-10H,1-5,8H2,(H,17,18). The van der Waals surface area contributed by atoms with Crippen LogP contribution in [0.25, 0.3) is 0 Å². The zero-order valence-electron chi connectivity index (χ0n) is 10.2. The molecule has 0 aliphatic heterocycles. The third-order valence-electron chi connectivity index (χ3n) is 3.40. The van der Waals surface area contributed by atoms with Crippen molar-refractivity contribution in [3.63, 3.8) is 0 Å². The summed E-state index contributed by atoms with van der Waals surface area (Å²) >= 11 is 0. The van der Waals surface area contributed by atoms with Gasteiger partial charge in [0.15, 0.2) is 0 Å². The second-order valence-electron chi connectivity index (χ2n) is 4.88. The molecule has 0 bridgehead atoms. The Kier molecular flexibility index (Phi) is 4.28. The molecule has 2 rings (SSSR count). The zero-order valence-corrected chi connectivity index (χ0v) is 10.2. The van der Waals surface area contributed by atoms with Crippen LogP contribution in [0.4, 0.5) is 14.5 Å². The van der Waals surface area contributed by atoms with E-state index in [1.54, 1.807) is 0 Å². The van der Waals surface area contributed by atoms with Gasteiger partial charge < -0.3 is 5.32 Å². The maximum Gasteiger partial charge on any atom is 0.224 e. The smallest absolute Gasteiger partial charge is 0.224 e. The minimum absolute atomic E-state index is 0.0530. The first-order valence-electron chi connectivity index (χ1n) is 6.40. The quantitative estimate of drug-likeness (QED) is 0.870. The van der Waals surface area contributed by atoms with Gasteiger partial charge in [-0.3, -0.25) is 4.79 Å². The van der Waals surface area contributed by atoms with E-state index in [0.717, 1.165) is 25.0 Å². The van der Waals surface area contributed by atoms with Crippen molar-refractivity contribution >= 4 is 11.6 Å². The third-order valence-corrected chi connectivity index (χ3v) is 3.40. The Labute approximate surface area is 105 Å². The SMILES string of the molecule is O=C(CC1CCCCC1)Nc1ccc(F)cc1F. The molecule has 1 aliphatic rings. The van der Waals surface area contributed by atoms with Crippen molar-refractivity contribution < 1.29 is 13.6 Å². The number of carbonyl (C=O) groups excluding carboxylic acids is 1. The molecule has 98 valence electrons. The van der Waals surface area contributed by atoms with Gasteiger partial charge in [-0.15, -0.1) is 0 Å². The maximum atomic E-state index is 13.3. The summed E-state index contributed by atoms with van der Waals surface area (Å²) in [7, 11) is 0. The van der Waals surface area contributed by atoms with Crippen LogP contribution in [0.3, 0.4) is 0 Å². The van der Waals surface area contributed by atoms with Crippen molar-refractivity contribution in [2.45, 2.75) is 38.5 Å². The molecule has 1 fully saturated rings. The molecule has 1 aromatic rings. The highest BCUT2D eigenvalue weighted by Crippen LogP contribution is 2.26. The second kappa shape index (κ2) is 5.94. The zero-order chi connectivity index (χ0) is 13.0. The number of benzene rings is 1. The van der Waals surface area contributed by atoms with E-state index in [-0.39, 0.29) is 11.6 Å². The summed E-state index contributed by atoms with van der Waals surface area (Å²) in [5.41, 5.74) is 0.0530. The number of amides is 1. The number of halogens is 2. The summed E-state index contributed by atoms with van der Waals surface area (Å²) in [6.07, 6.45) is 6.14. The van der Waals surface area contributed by atoms with Gasteiger partial charge in [-0.2, -0.15) is 0 Å². The molecular formula is C14H17F2NO. The van der Waals surface area contributed by atoms with Gasteiger partial charge in [0.25, 0.3) is 0 Å². The number of nitrogens with one attached hydrogen (secondary N) is 1. The molecule has 1 N–H and O–H groups in total. The average molecular weight is 253 g/mol. The van der Waals surface area contributed by atoms with E-state index >= 15 is 0 Å². The second-order valence-corrected chi connectivity index (χ2v) is 4.88. The average Bonchev–Trinajstić information content (AvgIpc) is 2.34. The van der Waals surface area contributed by atoms with Gasteiger partial charge in [0.05, 0.1) is 5.69 Å². The summed E-state index contributed by atoms with van der Waals surface area (Å²) < 4.78 is 26.0. The number of anilines is 1. The summed E-state index contributed by atoms with van der Waals surface area (Å²) in [5.74, 6) is -1.15. The molecular weight excluding hydrogens is 236 g/mol. The van der Waals surface area contributed by atoms with Crippen LogP contribution in [0.2, 0.25) is 0 Å². The summed E-state index contributed by atoms with van der Waals surface area (Å²) in [6, 6.07) is 3.17. The van der Waals surface area contributed by atoms with Crippen LogP contribution < -0.4 is 5.32 Å². The molecule has 0 unspecified atom stereocenters. The van der Waals surface area contributed by atoms with E-state index in [0.29, 0.717) is 12.3 Å². The largest absolute Gasteiger partial charge is 0.324 e. The van der Waals surface area contributed by atoms with Crippen LogP contribution in [0.1, 0.15) is 38.5 Å². The Hall–Kier alpha value is -1.45. The normalized spacial score (nSPS) is 16.6. The predicted octanol–water partition coefficient (Wildman–Crippen LogP) is 3.87. The van der Waals surface area contributed by atoms with Crippen LogP contribution in [0.5, 0.6) is 0 Å². The van der Waals surface area contributed by atoms with E-state index in [2.05, 4.69) is 5.32 Å². The van der Waals surface area contributed by atoms with E-state index in [4.69, 9.17) is 0 Å². The lowest BCUT2D eigenvalue weighted by Gasteiger charge is -2.20. The molecule has 1 aliphatic carbocycles. The van der Waals surface area contributed by atoms with Gasteiger partial charge in [0.1, 0.15) is 11.6 Å². The van der Waals surface area contributed by atoms with Gasteiger partial charge in [0.2, 0.25) is 5.91 Å². The summed E-state index contributed by atoms with van der Waals surface area (Å²) in [4.78, 5) is 11.7. The Bertz CT molecular complexity index is 428. The Morgan fingerprint density at radius 1 is 1.22 bits per heavy atom. The molecule has 2 nitrogen and oxygen atoms in total. The first-order valence-corrected chi connectivity index (χ1v) is 6.40. The summed E-state index contributed by atoms with van der Waals surface area (Å²) in [6.45, 7) is 0. The first kappa shape index (κ1) is 13.0. The van der Waals surface area contributed by atoms with Gasteiger partial charge in [-0.1, -0.05) is 19.3 Å². The minimum Gasteiger partial charge on any atom is -0.324 e. The van der Waals surface area contributed by atoms with Crippen molar-refractivity contribution in [1.29, 1.82) is 0 Å². The maximum absolute atomic E-state index is 13.3. The van der Waals surface area contributed by atoms with Gasteiger partial charge in [-0.05, 0) is 30.9 Å². The van der Waals surface area contributed by atoms with Crippen LogP contribution in [-0.2, 0) is 4.79 Å². The topological polar surface area (TPSA) is 29.1 Å². The lowest BCUT2D eigenvalue weighted by atomic mass is 9.87. The highest BCUT2D eigenvalue weighted by Gasteiger charge is 2.17. The molecule has 0 radical (unpaired) electrons. The fourth-order valence-electron chi connectivity index (χ4n) is 2.45. The molecule has 0 saturated heterocycles. The van der Waals surface area contributed by atoms with Gasteiger partial charge >= 0.3 is 0 Å². The van der Waals surface area contributed by atoms with E-state index in [1.807, 2.05) is 0 Å². The van der Waals surface area contributed by atoms with E-state index in [1.165, 1.54) is 25.3 Å². The van der Waals surface area contributed by atoms with Crippen molar-refractivity contribution in [1.82, 2.24) is 0 Å². The van der Waals surface area contributed by atoms with Crippen molar-refractivity contribution in [2.24, 2.45) is 5.92 Å². The van der Waals surface area contributed by atoms with Crippen LogP contribution >= 0.6 is 0 Å². The van der Waals surface area contributed by atoms with Crippen LogP contribution in [0.15, 0.2) is 18.2 Å². The van der Waals surface area contributed by atoms with E-state index in [9.17, 15) is 13.6 Å². The lowest BCUT2D eigenvalue weighted by Crippen LogP contribution is -2.18. The molecule has 1 saturated carbocycles. The molecule has 18 heavy (non-hydrogen) atoms. The molecule has 0 atom stereocenters. The number of hydrogen-bond acceptors (Lipinski definition) is 1. The fraction of sp³-hybridized carbons (Fsp3) is 0.500. The molecule has 0 aromatic heterocycles. The van der Waals surface area contributed by atoms with Crippen molar-refractivity contribution in [3.8, 4) is 0 Å². The first-order chi connectivity index (χ1) is 8.65. The van der Waals surface area contributed by atoms with E-state index < -0.39 is 11.6 Å². The lowest BCUT2D eigenvalue weighted by molar-refractivity contribution is -0.117. The highest BCUT2D eigenvalue weighted by molar-refractivity contribution is 5.90. The number of hydrogen-bond donors (Lipinski definition) is 1. The van der Waals surface area contributed by atoms with Gasteiger partial charge in [-0.25, -0.2) is 8.78 Å². The molecule has 4 heteroatoms. The van der Waals surface area contributed by atoms with Crippen molar-refractivity contribution in [2.75, 3.05) is 5.32 Å². The number of rotatable bonds is 3. The monoisotopic (exact) mass is 253 g/mol. The summed E-state index contributed by atoms with van der Waals surface area (Å²) in [5, 5.41) is 2.50. The predicted molar refractivity (Wildman–Crippen MR) is 66.2 cm³/mol. The Morgan fingerprint density at radius 2 is 1.94 bits per heavy atom. The number of carbonyl (C=O) groups is 1.